The molecule has 15 heavy (non-hydrogen) atoms. The van der Waals surface area contributed by atoms with Crippen molar-refractivity contribution in [3.8, 4) is 0 Å². The molecule has 6 heteroatoms. The molecule has 0 aliphatic carbocycles. The molecule has 1 rings (SSSR count). The number of unbranched alkanes of at least 4 members (excludes halogenated alkanes) is 1. The van der Waals surface area contributed by atoms with Crippen molar-refractivity contribution in [1.29, 1.82) is 0 Å². The van der Waals surface area contributed by atoms with Gasteiger partial charge in [-0.05, 0) is 6.42 Å². The van der Waals surface area contributed by atoms with Crippen LogP contribution in [0.5, 0.6) is 0 Å². The van der Waals surface area contributed by atoms with Gasteiger partial charge in [0.15, 0.2) is 0 Å². The highest BCUT2D eigenvalue weighted by Gasteiger charge is 2.01. The molecule has 0 amide bonds. The second-order valence-corrected chi connectivity index (χ2v) is 4.70. The molecular weight excluding hydrogens is 216 g/mol. The Morgan fingerprint density at radius 2 is 2.07 bits per heavy atom. The van der Waals surface area contributed by atoms with Crippen LogP contribution in [-0.4, -0.2) is 24.2 Å². The molecule has 1 aromatic rings. The lowest BCUT2D eigenvalue weighted by Crippen LogP contribution is -2.34. The first-order valence-electron chi connectivity index (χ1n) is 4.79. The van der Waals surface area contributed by atoms with E-state index >= 15 is 0 Å². The van der Waals surface area contributed by atoms with Crippen molar-refractivity contribution in [1.82, 2.24) is 4.98 Å². The van der Waals surface area contributed by atoms with Gasteiger partial charge in [0.05, 0.1) is 16.7 Å². The van der Waals surface area contributed by atoms with E-state index in [9.17, 15) is 0 Å². The lowest BCUT2D eigenvalue weighted by atomic mass is 10.3. The molecule has 5 nitrogen and oxygen atoms in total. The number of aromatic amines is 1. The summed E-state index contributed by atoms with van der Waals surface area (Å²) in [6.45, 7) is 5.45. The summed E-state index contributed by atoms with van der Waals surface area (Å²) in [5.41, 5.74) is 0. The zero-order valence-electron chi connectivity index (χ0n) is 9.36. The number of nitrogens with zero attached hydrogens (tertiary/aromatic N) is 1. The minimum absolute atomic E-state index is 0.604. The molecule has 0 radical (unpaired) electrons. The molecule has 0 bridgehead atoms. The van der Waals surface area contributed by atoms with E-state index in [-0.39, 0.29) is 0 Å². The van der Waals surface area contributed by atoms with E-state index in [1.54, 1.807) is 0 Å². The predicted octanol–water partition coefficient (Wildman–Crippen LogP) is 0.572. The van der Waals surface area contributed by atoms with E-state index in [4.69, 9.17) is 13.0 Å². The number of hydrogen-bond donors (Lipinski definition) is 1. The molecule has 0 aromatic carbocycles. The third-order valence-corrected chi connectivity index (χ3v) is 1.73. The van der Waals surface area contributed by atoms with Gasteiger partial charge in [0.1, 0.15) is 12.4 Å². The predicted molar refractivity (Wildman–Crippen MR) is 56.3 cm³/mol. The molecule has 0 saturated carbocycles. The van der Waals surface area contributed by atoms with E-state index in [1.807, 2.05) is 6.20 Å². The van der Waals surface area contributed by atoms with E-state index in [0.717, 1.165) is 6.54 Å². The van der Waals surface area contributed by atoms with Crippen LogP contribution in [0.3, 0.4) is 0 Å². The summed E-state index contributed by atoms with van der Waals surface area (Å²) < 4.78 is 29.5. The van der Waals surface area contributed by atoms with Crippen LogP contribution in [0.2, 0.25) is 0 Å². The second kappa shape index (κ2) is 6.58. The van der Waals surface area contributed by atoms with Gasteiger partial charge in [0.2, 0.25) is 0 Å². The third kappa shape index (κ3) is 9.42. The van der Waals surface area contributed by atoms with Crippen molar-refractivity contribution in [3.05, 3.63) is 18.2 Å². The quantitative estimate of drug-likeness (QED) is 0.613. The Morgan fingerprint density at radius 1 is 1.53 bits per heavy atom. The van der Waals surface area contributed by atoms with Gasteiger partial charge >= 0.3 is 0 Å². The highest BCUT2D eigenvalue weighted by Crippen LogP contribution is 1.88. The highest BCUT2D eigenvalue weighted by molar-refractivity contribution is 7.84. The molecule has 0 unspecified atom stereocenters. The number of aryl methyl sites for hydroxylation is 2. The molecule has 1 heterocycles. The molecule has 88 valence electrons. The van der Waals surface area contributed by atoms with Crippen LogP contribution >= 0.6 is 0 Å². The maximum absolute atomic E-state index is 9.08. The fourth-order valence-electron chi connectivity index (χ4n) is 1.01. The molecule has 0 fully saturated rings. The fourth-order valence-corrected chi connectivity index (χ4v) is 1.01. The summed E-state index contributed by atoms with van der Waals surface area (Å²) in [6, 6.07) is 0. The SMILES string of the molecule is CCCC[n+]1cc[nH]c1C.CS(=O)(=O)[O-]. The summed E-state index contributed by atoms with van der Waals surface area (Å²) in [4.78, 5) is 3.14. The Kier molecular flexibility index (Phi) is 6.19. The van der Waals surface area contributed by atoms with Crippen LogP contribution in [0.4, 0.5) is 0 Å². The van der Waals surface area contributed by atoms with Gasteiger partial charge < -0.3 is 4.55 Å². The first-order valence-corrected chi connectivity index (χ1v) is 6.60. The summed E-state index contributed by atoms with van der Waals surface area (Å²) in [6.07, 6.45) is 7.20. The maximum atomic E-state index is 9.08. The molecule has 0 saturated heterocycles. The van der Waals surface area contributed by atoms with Crippen molar-refractivity contribution in [2.45, 2.75) is 33.2 Å². The van der Waals surface area contributed by atoms with Gasteiger partial charge in [0, 0.05) is 13.2 Å². The smallest absolute Gasteiger partial charge is 0.251 e. The number of nitrogens with one attached hydrogen (secondary N) is 1. The molecular formula is C9H18N2O3S. The van der Waals surface area contributed by atoms with E-state index in [1.165, 1.54) is 18.7 Å². The minimum Gasteiger partial charge on any atom is -0.748 e. The molecule has 0 spiro atoms. The highest BCUT2D eigenvalue weighted by atomic mass is 32.2. The van der Waals surface area contributed by atoms with Gasteiger partial charge in [0.25, 0.3) is 5.82 Å². The van der Waals surface area contributed by atoms with Crippen LogP contribution in [-0.2, 0) is 16.7 Å². The van der Waals surface area contributed by atoms with Crippen LogP contribution < -0.4 is 4.57 Å². The van der Waals surface area contributed by atoms with Gasteiger partial charge in [-0.1, -0.05) is 13.3 Å². The van der Waals surface area contributed by atoms with E-state index < -0.39 is 10.1 Å². The van der Waals surface area contributed by atoms with E-state index in [0.29, 0.717) is 6.26 Å². The first kappa shape index (κ1) is 14.1. The molecule has 1 aromatic heterocycles. The zero-order valence-corrected chi connectivity index (χ0v) is 10.2. The minimum atomic E-state index is -3.92. The van der Waals surface area contributed by atoms with Crippen LogP contribution in [0.1, 0.15) is 25.6 Å². The number of H-pyrrole nitrogens is 1. The molecule has 0 atom stereocenters. The monoisotopic (exact) mass is 234 g/mol. The topological polar surface area (TPSA) is 76.9 Å². The average molecular weight is 234 g/mol. The van der Waals surface area contributed by atoms with Gasteiger partial charge in [-0.15, -0.1) is 0 Å². The third-order valence-electron chi connectivity index (χ3n) is 1.73. The summed E-state index contributed by atoms with van der Waals surface area (Å²) >= 11 is 0. The number of rotatable bonds is 3. The number of imidazole rings is 1. The normalized spacial score (nSPS) is 10.7. The van der Waals surface area contributed by atoms with Gasteiger partial charge in [-0.2, -0.15) is 0 Å². The van der Waals surface area contributed by atoms with Crippen LogP contribution in [0.15, 0.2) is 12.4 Å². The van der Waals surface area contributed by atoms with Gasteiger partial charge in [-0.25, -0.2) is 18.0 Å². The molecule has 0 aliphatic heterocycles. The van der Waals surface area contributed by atoms with Crippen LogP contribution in [0, 0.1) is 6.92 Å². The largest absolute Gasteiger partial charge is 0.748 e. The average Bonchev–Trinajstić information content (AvgIpc) is 2.45. The zero-order chi connectivity index (χ0) is 11.9. The number of aromatic nitrogens is 2. The number of hydrogen-bond acceptors (Lipinski definition) is 3. The summed E-state index contributed by atoms with van der Waals surface area (Å²) in [7, 11) is -3.92. The van der Waals surface area contributed by atoms with Crippen molar-refractivity contribution < 1.29 is 17.5 Å². The van der Waals surface area contributed by atoms with Crippen molar-refractivity contribution >= 4 is 10.1 Å². The lowest BCUT2D eigenvalue weighted by Gasteiger charge is -1.93. The Labute approximate surface area is 90.9 Å². The van der Waals surface area contributed by atoms with Crippen LogP contribution in [0.25, 0.3) is 0 Å². The molecule has 0 aliphatic rings. The standard InChI is InChI=1S/C8H14N2.CH4O3S/c1-3-4-6-10-7-5-9-8(10)2;1-5(2,3)4/h5,7H,3-4,6H2,1-2H3;1H3,(H,2,3,4). The first-order chi connectivity index (χ1) is 6.84. The Balaban J connectivity index is 0.000000336. The Morgan fingerprint density at radius 3 is 2.40 bits per heavy atom. The van der Waals surface area contributed by atoms with Crippen molar-refractivity contribution in [3.63, 3.8) is 0 Å². The molecule has 1 N–H and O–H groups in total. The summed E-state index contributed by atoms with van der Waals surface area (Å²) in [5, 5.41) is 0. The Bertz CT molecular complexity index is 362. The van der Waals surface area contributed by atoms with Gasteiger partial charge in [-0.3, -0.25) is 0 Å². The van der Waals surface area contributed by atoms with Crippen molar-refractivity contribution in [2.24, 2.45) is 0 Å². The van der Waals surface area contributed by atoms with Crippen molar-refractivity contribution in [2.75, 3.05) is 6.26 Å². The fraction of sp³-hybridized carbons (Fsp3) is 0.667. The Hall–Kier alpha value is -0.880. The summed E-state index contributed by atoms with van der Waals surface area (Å²) in [5.74, 6) is 1.24. The maximum Gasteiger partial charge on any atom is 0.251 e. The van der Waals surface area contributed by atoms with E-state index in [2.05, 4.69) is 29.6 Å². The second-order valence-electron chi connectivity index (χ2n) is 3.30. The lowest BCUT2D eigenvalue weighted by molar-refractivity contribution is -0.701.